The first kappa shape index (κ1) is 20.0. The van der Waals surface area contributed by atoms with E-state index in [2.05, 4.69) is 53.1 Å². The molecule has 0 aromatic carbocycles. The number of aryl methyl sites for hydroxylation is 2. The van der Waals surface area contributed by atoms with E-state index >= 15 is 0 Å². The summed E-state index contributed by atoms with van der Waals surface area (Å²) in [6.07, 6.45) is 7.56. The Bertz CT molecular complexity index is 642. The molecule has 2 aromatic rings. The lowest BCUT2D eigenvalue weighted by atomic mass is 10.0. The fraction of sp³-hybridized carbons (Fsp3) is 0.476. The second kappa shape index (κ2) is 10.7. The molecule has 5 heteroatoms. The maximum absolute atomic E-state index is 10.5. The van der Waals surface area contributed by atoms with Gasteiger partial charge in [-0.25, -0.2) is 0 Å². The third-order valence-corrected chi connectivity index (χ3v) is 4.87. The fourth-order valence-corrected chi connectivity index (χ4v) is 3.21. The smallest absolute Gasteiger partial charge is 0.207 e. The molecule has 140 valence electrons. The first-order valence-electron chi connectivity index (χ1n) is 9.37. The molecule has 0 saturated heterocycles. The summed E-state index contributed by atoms with van der Waals surface area (Å²) in [5.41, 5.74) is 4.66. The fourth-order valence-electron chi connectivity index (χ4n) is 3.21. The Morgan fingerprint density at radius 2 is 1.65 bits per heavy atom. The van der Waals surface area contributed by atoms with Crippen molar-refractivity contribution in [1.82, 2.24) is 20.2 Å². The summed E-state index contributed by atoms with van der Waals surface area (Å²) in [5, 5.41) is 2.76. The Kier molecular flexibility index (Phi) is 8.22. The van der Waals surface area contributed by atoms with Crippen LogP contribution in [0.1, 0.15) is 48.7 Å². The van der Waals surface area contributed by atoms with E-state index in [-0.39, 0.29) is 0 Å². The zero-order chi connectivity index (χ0) is 18.8. The molecule has 0 saturated carbocycles. The molecule has 0 radical (unpaired) electrons. The number of carbonyl (C=O) groups excluding carboxylic acids is 1. The molecule has 1 atom stereocenters. The topological polar surface area (TPSA) is 58.1 Å². The van der Waals surface area contributed by atoms with E-state index in [1.165, 1.54) is 11.1 Å². The monoisotopic (exact) mass is 354 g/mol. The molecular formula is C21H30N4O. The van der Waals surface area contributed by atoms with E-state index in [1.54, 1.807) is 0 Å². The van der Waals surface area contributed by atoms with Crippen molar-refractivity contribution in [2.75, 3.05) is 6.54 Å². The average Bonchev–Trinajstić information content (AvgIpc) is 2.65. The van der Waals surface area contributed by atoms with Crippen LogP contribution < -0.4 is 5.32 Å². The molecular weight excluding hydrogens is 324 g/mol. The summed E-state index contributed by atoms with van der Waals surface area (Å²) < 4.78 is 0. The predicted octanol–water partition coefficient (Wildman–Crippen LogP) is 3.40. The second-order valence-corrected chi connectivity index (χ2v) is 6.72. The number of hydrogen-bond acceptors (Lipinski definition) is 4. The van der Waals surface area contributed by atoms with E-state index in [0.717, 1.165) is 56.7 Å². The molecule has 1 N–H and O–H groups in total. The molecule has 1 amide bonds. The minimum Gasteiger partial charge on any atom is -0.359 e. The van der Waals surface area contributed by atoms with Gasteiger partial charge in [-0.2, -0.15) is 0 Å². The lowest BCUT2D eigenvalue weighted by Crippen LogP contribution is -2.35. The van der Waals surface area contributed by atoms with Crippen molar-refractivity contribution in [2.45, 2.75) is 59.2 Å². The number of amides is 1. The van der Waals surface area contributed by atoms with Crippen LogP contribution >= 0.6 is 0 Å². The van der Waals surface area contributed by atoms with Gasteiger partial charge in [0.25, 0.3) is 0 Å². The van der Waals surface area contributed by atoms with Gasteiger partial charge in [-0.15, -0.1) is 0 Å². The van der Waals surface area contributed by atoms with Crippen molar-refractivity contribution in [3.05, 3.63) is 59.2 Å². The predicted molar refractivity (Wildman–Crippen MR) is 105 cm³/mol. The molecule has 0 spiro atoms. The molecule has 0 bridgehead atoms. The van der Waals surface area contributed by atoms with Gasteiger partial charge < -0.3 is 5.32 Å². The molecule has 1 unspecified atom stereocenters. The van der Waals surface area contributed by atoms with E-state index < -0.39 is 0 Å². The molecule has 2 aromatic heterocycles. The first-order chi connectivity index (χ1) is 12.7. The van der Waals surface area contributed by atoms with Crippen LogP contribution in [-0.4, -0.2) is 33.9 Å². The first-order valence-corrected chi connectivity index (χ1v) is 9.37. The number of pyridine rings is 2. The third kappa shape index (κ3) is 5.92. The standard InChI is InChI=1S/C21H30N4O/c1-4-19(10-7-11-22-16-26)25(14-20-17(2)8-5-12-23-20)15-21-18(3)9-6-13-24-21/h5-6,8-9,12-13,16,19H,4,7,10-11,14-15H2,1-3H3,(H,22,26). The third-order valence-electron chi connectivity index (χ3n) is 4.87. The van der Waals surface area contributed by atoms with Crippen LogP contribution in [-0.2, 0) is 17.9 Å². The van der Waals surface area contributed by atoms with Gasteiger partial charge in [0, 0.05) is 38.1 Å². The zero-order valence-corrected chi connectivity index (χ0v) is 16.1. The Hall–Kier alpha value is -2.27. The van der Waals surface area contributed by atoms with E-state index in [1.807, 2.05) is 24.5 Å². The van der Waals surface area contributed by atoms with Gasteiger partial charge in [0.1, 0.15) is 0 Å². The second-order valence-electron chi connectivity index (χ2n) is 6.72. The van der Waals surface area contributed by atoms with Crippen molar-refractivity contribution >= 4 is 6.41 Å². The highest BCUT2D eigenvalue weighted by Crippen LogP contribution is 2.19. The summed E-state index contributed by atoms with van der Waals surface area (Å²) in [4.78, 5) is 22.1. The van der Waals surface area contributed by atoms with Crippen molar-refractivity contribution < 1.29 is 4.79 Å². The summed E-state index contributed by atoms with van der Waals surface area (Å²) in [6.45, 7) is 8.79. The van der Waals surface area contributed by atoms with E-state index in [9.17, 15) is 4.79 Å². The van der Waals surface area contributed by atoms with Crippen LogP contribution in [0.3, 0.4) is 0 Å². The number of aromatic nitrogens is 2. The van der Waals surface area contributed by atoms with E-state index in [4.69, 9.17) is 0 Å². The van der Waals surface area contributed by atoms with Gasteiger partial charge in [0.05, 0.1) is 11.4 Å². The van der Waals surface area contributed by atoms with Gasteiger partial charge in [0.2, 0.25) is 6.41 Å². The Morgan fingerprint density at radius 3 is 2.12 bits per heavy atom. The number of nitrogens with one attached hydrogen (secondary N) is 1. The Balaban J connectivity index is 2.17. The van der Waals surface area contributed by atoms with Gasteiger partial charge in [-0.05, 0) is 56.4 Å². The molecule has 26 heavy (non-hydrogen) atoms. The van der Waals surface area contributed by atoms with Crippen LogP contribution in [0.5, 0.6) is 0 Å². The molecule has 0 aliphatic rings. The van der Waals surface area contributed by atoms with Crippen LogP contribution in [0.4, 0.5) is 0 Å². The Labute approximate surface area is 156 Å². The highest BCUT2D eigenvalue weighted by atomic mass is 16.1. The molecule has 0 aliphatic carbocycles. The van der Waals surface area contributed by atoms with Gasteiger partial charge >= 0.3 is 0 Å². The maximum atomic E-state index is 10.5. The normalized spacial score (nSPS) is 12.2. The van der Waals surface area contributed by atoms with Gasteiger partial charge in [-0.3, -0.25) is 19.7 Å². The molecule has 5 nitrogen and oxygen atoms in total. The van der Waals surface area contributed by atoms with Crippen LogP contribution in [0, 0.1) is 13.8 Å². The molecule has 2 rings (SSSR count). The number of rotatable bonds is 11. The van der Waals surface area contributed by atoms with Crippen molar-refractivity contribution in [3.8, 4) is 0 Å². The summed E-state index contributed by atoms with van der Waals surface area (Å²) in [6, 6.07) is 8.61. The maximum Gasteiger partial charge on any atom is 0.207 e. The van der Waals surface area contributed by atoms with E-state index in [0.29, 0.717) is 6.04 Å². The van der Waals surface area contributed by atoms with Gasteiger partial charge in [0.15, 0.2) is 0 Å². The highest BCUT2D eigenvalue weighted by molar-refractivity contribution is 5.45. The average molecular weight is 354 g/mol. The summed E-state index contributed by atoms with van der Waals surface area (Å²) in [7, 11) is 0. The Morgan fingerprint density at radius 1 is 1.08 bits per heavy atom. The number of nitrogens with zero attached hydrogens (tertiary/aromatic N) is 3. The molecule has 0 aliphatic heterocycles. The summed E-state index contributed by atoms with van der Waals surface area (Å²) >= 11 is 0. The largest absolute Gasteiger partial charge is 0.359 e. The van der Waals surface area contributed by atoms with Crippen molar-refractivity contribution in [3.63, 3.8) is 0 Å². The van der Waals surface area contributed by atoms with Crippen LogP contribution in [0.15, 0.2) is 36.7 Å². The number of carbonyl (C=O) groups is 1. The highest BCUT2D eigenvalue weighted by Gasteiger charge is 2.20. The van der Waals surface area contributed by atoms with Crippen molar-refractivity contribution in [1.29, 1.82) is 0 Å². The van der Waals surface area contributed by atoms with Gasteiger partial charge in [-0.1, -0.05) is 19.1 Å². The minimum absolute atomic E-state index is 0.422. The van der Waals surface area contributed by atoms with Crippen molar-refractivity contribution in [2.24, 2.45) is 0 Å². The quantitative estimate of drug-likeness (QED) is 0.496. The lowest BCUT2D eigenvalue weighted by Gasteiger charge is -2.31. The molecule has 0 fully saturated rings. The van der Waals surface area contributed by atoms with Crippen LogP contribution in [0.25, 0.3) is 0 Å². The minimum atomic E-state index is 0.422. The zero-order valence-electron chi connectivity index (χ0n) is 16.1. The number of hydrogen-bond donors (Lipinski definition) is 1. The lowest BCUT2D eigenvalue weighted by molar-refractivity contribution is -0.109. The summed E-state index contributed by atoms with van der Waals surface area (Å²) in [5.74, 6) is 0. The SMILES string of the molecule is CCC(CCCNC=O)N(Cc1ncccc1C)Cc1ncccc1C. The van der Waals surface area contributed by atoms with Crippen LogP contribution in [0.2, 0.25) is 0 Å². The molecule has 2 heterocycles.